The highest BCUT2D eigenvalue weighted by Gasteiger charge is 2.21. The standard InChI is InChI=1S/C11H22N2O2.ClH/c1-3-10(12)11(14)13(2)8-9-6-4-5-7-15-9;/h9-10H,3-8,12H2,1-2H3;1H/t9?,10-;/m0./s1. The number of nitrogens with two attached hydrogens (primary N) is 1. The van der Waals surface area contributed by atoms with Crippen molar-refractivity contribution in [2.75, 3.05) is 20.2 Å². The van der Waals surface area contributed by atoms with Crippen molar-refractivity contribution in [3.8, 4) is 0 Å². The lowest BCUT2D eigenvalue weighted by atomic mass is 10.1. The maximum absolute atomic E-state index is 11.7. The number of rotatable bonds is 4. The molecule has 1 saturated heterocycles. The Balaban J connectivity index is 0.00000225. The largest absolute Gasteiger partial charge is 0.376 e. The van der Waals surface area contributed by atoms with Crippen LogP contribution in [0.1, 0.15) is 32.6 Å². The van der Waals surface area contributed by atoms with E-state index in [-0.39, 0.29) is 30.5 Å². The first-order chi connectivity index (χ1) is 7.15. The molecular formula is C11H23ClN2O2. The van der Waals surface area contributed by atoms with Crippen LogP contribution in [0.15, 0.2) is 0 Å². The van der Waals surface area contributed by atoms with Crippen LogP contribution in [0, 0.1) is 0 Å². The van der Waals surface area contributed by atoms with Gasteiger partial charge in [0, 0.05) is 20.2 Å². The van der Waals surface area contributed by atoms with E-state index in [0.717, 1.165) is 19.4 Å². The zero-order valence-electron chi connectivity index (χ0n) is 10.1. The van der Waals surface area contributed by atoms with E-state index in [1.54, 1.807) is 11.9 Å². The quantitative estimate of drug-likeness (QED) is 0.815. The second-order valence-electron chi connectivity index (χ2n) is 4.22. The van der Waals surface area contributed by atoms with Gasteiger partial charge in [-0.05, 0) is 25.7 Å². The van der Waals surface area contributed by atoms with E-state index in [2.05, 4.69) is 0 Å². The van der Waals surface area contributed by atoms with Crippen LogP contribution in [0.5, 0.6) is 0 Å². The van der Waals surface area contributed by atoms with Gasteiger partial charge in [0.1, 0.15) is 0 Å². The molecule has 2 atom stereocenters. The van der Waals surface area contributed by atoms with E-state index in [4.69, 9.17) is 10.5 Å². The van der Waals surface area contributed by atoms with E-state index < -0.39 is 0 Å². The van der Waals surface area contributed by atoms with E-state index in [0.29, 0.717) is 13.0 Å². The molecule has 1 unspecified atom stereocenters. The first-order valence-electron chi connectivity index (χ1n) is 5.77. The van der Waals surface area contributed by atoms with Crippen LogP contribution in [0.3, 0.4) is 0 Å². The molecule has 0 saturated carbocycles. The van der Waals surface area contributed by atoms with Gasteiger partial charge in [-0.25, -0.2) is 0 Å². The molecule has 5 heteroatoms. The molecule has 16 heavy (non-hydrogen) atoms. The molecule has 2 N–H and O–H groups in total. The van der Waals surface area contributed by atoms with Gasteiger partial charge in [-0.2, -0.15) is 0 Å². The molecule has 1 heterocycles. The highest BCUT2D eigenvalue weighted by atomic mass is 35.5. The zero-order chi connectivity index (χ0) is 11.3. The highest BCUT2D eigenvalue weighted by Crippen LogP contribution is 2.13. The number of likely N-dealkylation sites (N-methyl/N-ethyl adjacent to an activating group) is 1. The molecule has 0 spiro atoms. The summed E-state index contributed by atoms with van der Waals surface area (Å²) >= 11 is 0. The molecule has 96 valence electrons. The zero-order valence-corrected chi connectivity index (χ0v) is 11.0. The first kappa shape index (κ1) is 15.7. The fraction of sp³-hybridized carbons (Fsp3) is 0.909. The number of carbonyl (C=O) groups is 1. The SMILES string of the molecule is CC[C@H](N)C(=O)N(C)CC1CCCCO1.Cl. The van der Waals surface area contributed by atoms with Crippen molar-refractivity contribution >= 4 is 18.3 Å². The second-order valence-corrected chi connectivity index (χ2v) is 4.22. The monoisotopic (exact) mass is 250 g/mol. The van der Waals surface area contributed by atoms with Crippen LogP contribution in [0.4, 0.5) is 0 Å². The number of carbonyl (C=O) groups excluding carboxylic acids is 1. The molecule has 0 aromatic heterocycles. The fourth-order valence-corrected chi connectivity index (χ4v) is 1.80. The number of halogens is 1. The number of hydrogen-bond donors (Lipinski definition) is 1. The van der Waals surface area contributed by atoms with Gasteiger partial charge >= 0.3 is 0 Å². The molecule has 0 aromatic carbocycles. The molecule has 0 bridgehead atoms. The Labute approximate surface area is 104 Å². The van der Waals surface area contributed by atoms with Gasteiger partial charge in [0.2, 0.25) is 5.91 Å². The van der Waals surface area contributed by atoms with Crippen molar-refractivity contribution in [2.24, 2.45) is 5.73 Å². The average molecular weight is 251 g/mol. The normalized spacial score (nSPS) is 22.1. The van der Waals surface area contributed by atoms with Gasteiger partial charge in [-0.1, -0.05) is 6.92 Å². The van der Waals surface area contributed by atoms with Crippen molar-refractivity contribution in [1.29, 1.82) is 0 Å². The molecule has 1 aliphatic rings. The number of amides is 1. The Bertz CT molecular complexity index is 208. The minimum atomic E-state index is -0.362. The van der Waals surface area contributed by atoms with Gasteiger partial charge in [0.05, 0.1) is 12.1 Å². The minimum absolute atomic E-state index is 0. The molecular weight excluding hydrogens is 228 g/mol. The fourth-order valence-electron chi connectivity index (χ4n) is 1.80. The minimum Gasteiger partial charge on any atom is -0.376 e. The van der Waals surface area contributed by atoms with Gasteiger partial charge in [0.25, 0.3) is 0 Å². The maximum atomic E-state index is 11.7. The molecule has 0 aliphatic carbocycles. The number of hydrogen-bond acceptors (Lipinski definition) is 3. The smallest absolute Gasteiger partial charge is 0.239 e. The third-order valence-electron chi connectivity index (χ3n) is 2.88. The Morgan fingerprint density at radius 3 is 2.75 bits per heavy atom. The molecule has 1 amide bonds. The lowest BCUT2D eigenvalue weighted by Gasteiger charge is -2.28. The Morgan fingerprint density at radius 1 is 1.56 bits per heavy atom. The number of nitrogens with zero attached hydrogens (tertiary/aromatic N) is 1. The van der Waals surface area contributed by atoms with E-state index in [1.807, 2.05) is 6.92 Å². The molecule has 1 aliphatic heterocycles. The molecule has 1 fully saturated rings. The molecule has 0 aromatic rings. The molecule has 4 nitrogen and oxygen atoms in total. The summed E-state index contributed by atoms with van der Waals surface area (Å²) in [4.78, 5) is 13.4. The summed E-state index contributed by atoms with van der Waals surface area (Å²) in [6.07, 6.45) is 4.29. The van der Waals surface area contributed by atoms with Crippen molar-refractivity contribution in [3.05, 3.63) is 0 Å². The molecule has 1 rings (SSSR count). The third kappa shape index (κ3) is 4.68. The van der Waals surface area contributed by atoms with Crippen molar-refractivity contribution in [1.82, 2.24) is 4.90 Å². The summed E-state index contributed by atoms with van der Waals surface area (Å²) in [6, 6.07) is -0.362. The van der Waals surface area contributed by atoms with E-state index >= 15 is 0 Å². The van der Waals surface area contributed by atoms with Gasteiger partial charge < -0.3 is 15.4 Å². The van der Waals surface area contributed by atoms with E-state index in [9.17, 15) is 4.79 Å². The van der Waals surface area contributed by atoms with Crippen LogP contribution >= 0.6 is 12.4 Å². The van der Waals surface area contributed by atoms with Crippen LogP contribution in [-0.4, -0.2) is 43.2 Å². The third-order valence-corrected chi connectivity index (χ3v) is 2.88. The summed E-state index contributed by atoms with van der Waals surface area (Å²) in [5, 5.41) is 0. The van der Waals surface area contributed by atoms with Crippen molar-refractivity contribution in [2.45, 2.75) is 44.8 Å². The first-order valence-corrected chi connectivity index (χ1v) is 5.77. The van der Waals surface area contributed by atoms with Crippen LogP contribution < -0.4 is 5.73 Å². The van der Waals surface area contributed by atoms with Crippen molar-refractivity contribution < 1.29 is 9.53 Å². The summed E-state index contributed by atoms with van der Waals surface area (Å²) in [5.74, 6) is 0.0201. The van der Waals surface area contributed by atoms with Crippen LogP contribution in [0.25, 0.3) is 0 Å². The highest BCUT2D eigenvalue weighted by molar-refractivity contribution is 5.85. The topological polar surface area (TPSA) is 55.6 Å². The predicted octanol–water partition coefficient (Wildman–Crippen LogP) is 1.17. The van der Waals surface area contributed by atoms with Gasteiger partial charge in [-0.15, -0.1) is 12.4 Å². The Kier molecular flexibility index (Phi) is 7.72. The van der Waals surface area contributed by atoms with Crippen LogP contribution in [0.2, 0.25) is 0 Å². The summed E-state index contributed by atoms with van der Waals surface area (Å²) < 4.78 is 5.58. The Hall–Kier alpha value is -0.320. The lowest BCUT2D eigenvalue weighted by molar-refractivity contribution is -0.133. The number of ether oxygens (including phenoxy) is 1. The lowest BCUT2D eigenvalue weighted by Crippen LogP contribution is -2.45. The maximum Gasteiger partial charge on any atom is 0.239 e. The van der Waals surface area contributed by atoms with Crippen molar-refractivity contribution in [3.63, 3.8) is 0 Å². The summed E-state index contributed by atoms with van der Waals surface area (Å²) in [5.41, 5.74) is 5.69. The van der Waals surface area contributed by atoms with Gasteiger partial charge in [0.15, 0.2) is 0 Å². The Morgan fingerprint density at radius 2 is 2.25 bits per heavy atom. The second kappa shape index (κ2) is 7.87. The summed E-state index contributed by atoms with van der Waals surface area (Å²) in [7, 11) is 1.80. The van der Waals surface area contributed by atoms with Gasteiger partial charge in [-0.3, -0.25) is 4.79 Å². The van der Waals surface area contributed by atoms with E-state index in [1.165, 1.54) is 6.42 Å². The predicted molar refractivity (Wildman–Crippen MR) is 66.7 cm³/mol. The summed E-state index contributed by atoms with van der Waals surface area (Å²) in [6.45, 7) is 3.42. The molecule has 0 radical (unpaired) electrons. The van der Waals surface area contributed by atoms with Crippen LogP contribution in [-0.2, 0) is 9.53 Å². The average Bonchev–Trinajstić information content (AvgIpc) is 2.28.